The summed E-state index contributed by atoms with van der Waals surface area (Å²) in [6.45, 7) is 5.01. The lowest BCUT2D eigenvalue weighted by atomic mass is 10.1. The zero-order valence-corrected chi connectivity index (χ0v) is 14.8. The Balaban J connectivity index is 1.94. The van der Waals surface area contributed by atoms with E-state index in [4.69, 9.17) is 4.74 Å². The molecule has 2 heterocycles. The van der Waals surface area contributed by atoms with Crippen molar-refractivity contribution >= 4 is 55.6 Å². The number of hydrogen-bond acceptors (Lipinski definition) is 5. The van der Waals surface area contributed by atoms with Crippen molar-refractivity contribution in [2.45, 2.75) is 26.7 Å². The van der Waals surface area contributed by atoms with E-state index in [0.717, 1.165) is 35.1 Å². The summed E-state index contributed by atoms with van der Waals surface area (Å²) in [5.41, 5.74) is 1.12. The van der Waals surface area contributed by atoms with Gasteiger partial charge in [-0.25, -0.2) is 4.98 Å². The molecule has 112 valence electrons. The first-order valence-corrected chi connectivity index (χ1v) is 9.56. The Labute approximate surface area is 138 Å². The minimum Gasteiger partial charge on any atom is -0.493 e. The maximum Gasteiger partial charge on any atom is 0.129 e. The molecular weight excluding hydrogens is 318 g/mol. The third-order valence-electron chi connectivity index (χ3n) is 3.60. The Morgan fingerprint density at radius 3 is 3.05 bits per heavy atom. The van der Waals surface area contributed by atoms with Gasteiger partial charge in [0.25, 0.3) is 0 Å². The number of benzene rings is 1. The summed E-state index contributed by atoms with van der Waals surface area (Å²) in [6.07, 6.45) is 2.34. The lowest BCUT2D eigenvalue weighted by Gasteiger charge is -2.15. The fourth-order valence-electron chi connectivity index (χ4n) is 2.55. The molecule has 3 aromatic rings. The van der Waals surface area contributed by atoms with Crippen LogP contribution >= 0.6 is 35.3 Å². The fourth-order valence-corrected chi connectivity index (χ4v) is 4.67. The van der Waals surface area contributed by atoms with Crippen LogP contribution in [0.5, 0.6) is 5.75 Å². The van der Waals surface area contributed by atoms with Crippen molar-refractivity contribution in [1.82, 2.24) is 4.98 Å². The first-order chi connectivity index (χ1) is 10.2. The van der Waals surface area contributed by atoms with E-state index in [1.54, 1.807) is 22.7 Å². The quantitative estimate of drug-likeness (QED) is 0.596. The second-order valence-corrected chi connectivity index (χ2v) is 7.78. The summed E-state index contributed by atoms with van der Waals surface area (Å²) in [5.74, 6) is 2.39. The van der Waals surface area contributed by atoms with Gasteiger partial charge in [-0.2, -0.15) is 12.6 Å². The molecule has 1 aromatic carbocycles. The fraction of sp³-hybridized carbons (Fsp3) is 0.438. The highest BCUT2D eigenvalue weighted by molar-refractivity contribution is 7.80. The number of hydrogen-bond donors (Lipinski definition) is 1. The molecule has 0 saturated heterocycles. The van der Waals surface area contributed by atoms with Crippen LogP contribution in [0.1, 0.15) is 24.8 Å². The Kier molecular flexibility index (Phi) is 4.72. The third kappa shape index (κ3) is 3.05. The van der Waals surface area contributed by atoms with E-state index < -0.39 is 0 Å². The van der Waals surface area contributed by atoms with Gasteiger partial charge in [-0.15, -0.1) is 22.7 Å². The zero-order chi connectivity index (χ0) is 14.8. The minimum absolute atomic E-state index is 0.519. The molecular formula is C16H19NOS3. The van der Waals surface area contributed by atoms with Crippen LogP contribution in [0.25, 0.3) is 20.3 Å². The first-order valence-electron chi connectivity index (χ1n) is 7.24. The molecule has 0 fully saturated rings. The molecule has 0 aliphatic heterocycles. The summed E-state index contributed by atoms with van der Waals surface area (Å²) in [5, 5.41) is 4.41. The molecule has 1 atom stereocenters. The van der Waals surface area contributed by atoms with E-state index >= 15 is 0 Å². The van der Waals surface area contributed by atoms with Crippen molar-refractivity contribution in [2.75, 3.05) is 12.4 Å². The molecule has 0 aliphatic rings. The maximum atomic E-state index is 6.14. The highest BCUT2D eigenvalue weighted by Crippen LogP contribution is 2.39. The zero-order valence-electron chi connectivity index (χ0n) is 12.3. The molecule has 0 aliphatic carbocycles. The van der Waals surface area contributed by atoms with Gasteiger partial charge < -0.3 is 4.74 Å². The van der Waals surface area contributed by atoms with E-state index in [2.05, 4.69) is 49.0 Å². The van der Waals surface area contributed by atoms with Crippen molar-refractivity contribution < 1.29 is 4.74 Å². The van der Waals surface area contributed by atoms with Crippen molar-refractivity contribution in [3.8, 4) is 5.75 Å². The summed E-state index contributed by atoms with van der Waals surface area (Å²) < 4.78 is 8.60. The minimum atomic E-state index is 0.519. The lowest BCUT2D eigenvalue weighted by molar-refractivity contribution is 0.257. The van der Waals surface area contributed by atoms with Gasteiger partial charge in [0.1, 0.15) is 5.75 Å². The lowest BCUT2D eigenvalue weighted by Crippen LogP contribution is -2.13. The van der Waals surface area contributed by atoms with E-state index in [9.17, 15) is 0 Å². The summed E-state index contributed by atoms with van der Waals surface area (Å²) in [7, 11) is 0. The highest BCUT2D eigenvalue weighted by atomic mass is 32.1. The average Bonchev–Trinajstić information content (AvgIpc) is 3.08. The van der Waals surface area contributed by atoms with Crippen molar-refractivity contribution in [3.63, 3.8) is 0 Å². The number of fused-ring (bicyclic) bond motifs is 3. The molecule has 2 nitrogen and oxygen atoms in total. The van der Waals surface area contributed by atoms with Crippen LogP contribution in [0.2, 0.25) is 0 Å². The van der Waals surface area contributed by atoms with Gasteiger partial charge in [-0.05, 0) is 30.5 Å². The van der Waals surface area contributed by atoms with E-state index in [0.29, 0.717) is 5.92 Å². The average molecular weight is 338 g/mol. The van der Waals surface area contributed by atoms with Crippen molar-refractivity contribution in [1.29, 1.82) is 0 Å². The van der Waals surface area contributed by atoms with Gasteiger partial charge >= 0.3 is 0 Å². The van der Waals surface area contributed by atoms with E-state index in [-0.39, 0.29) is 0 Å². The number of aromatic nitrogens is 1. The third-order valence-corrected chi connectivity index (χ3v) is 5.95. The topological polar surface area (TPSA) is 22.1 Å². The molecule has 0 amide bonds. The van der Waals surface area contributed by atoms with Gasteiger partial charge in [0.05, 0.1) is 26.5 Å². The van der Waals surface area contributed by atoms with Crippen LogP contribution in [0, 0.1) is 12.8 Å². The Morgan fingerprint density at radius 2 is 2.29 bits per heavy atom. The summed E-state index contributed by atoms with van der Waals surface area (Å²) in [4.78, 5) is 4.66. The Hall–Kier alpha value is -0.780. The van der Waals surface area contributed by atoms with E-state index in [1.807, 2.05) is 0 Å². The molecule has 2 aromatic heterocycles. The molecule has 0 N–H and O–H groups in total. The number of nitrogens with zero attached hydrogens (tertiary/aromatic N) is 1. The summed E-state index contributed by atoms with van der Waals surface area (Å²) >= 11 is 7.91. The number of aryl methyl sites for hydroxylation is 1. The van der Waals surface area contributed by atoms with Crippen molar-refractivity contribution in [2.24, 2.45) is 5.92 Å². The molecule has 5 heteroatoms. The van der Waals surface area contributed by atoms with Crippen molar-refractivity contribution in [3.05, 3.63) is 22.5 Å². The standard InChI is InChI=1S/C16H19NOS3/c1-3-4-11(9-19)8-18-13-7-14-15(17-10(2)21-14)16-12(13)5-6-20-16/h5-7,11,19H,3-4,8-9H2,1-2H3. The molecule has 0 spiro atoms. The second kappa shape index (κ2) is 6.55. The van der Waals surface area contributed by atoms with Gasteiger partial charge in [-0.1, -0.05) is 13.3 Å². The van der Waals surface area contributed by atoms with Crippen LogP contribution in [-0.2, 0) is 0 Å². The van der Waals surface area contributed by atoms with Crippen LogP contribution in [-0.4, -0.2) is 17.3 Å². The normalized spacial score (nSPS) is 13.1. The van der Waals surface area contributed by atoms with E-state index in [1.165, 1.54) is 21.2 Å². The van der Waals surface area contributed by atoms with Crippen LogP contribution in [0.3, 0.4) is 0 Å². The Bertz CT molecular complexity index is 746. The van der Waals surface area contributed by atoms with Gasteiger partial charge in [-0.3, -0.25) is 0 Å². The SMILES string of the molecule is CCCC(CS)COc1cc2sc(C)nc2c2sccc12. The van der Waals surface area contributed by atoms with Crippen LogP contribution < -0.4 is 4.74 Å². The first kappa shape index (κ1) is 15.1. The highest BCUT2D eigenvalue weighted by Gasteiger charge is 2.14. The van der Waals surface area contributed by atoms with Crippen LogP contribution in [0.4, 0.5) is 0 Å². The summed E-state index contributed by atoms with van der Waals surface area (Å²) in [6, 6.07) is 4.29. The monoisotopic (exact) mass is 337 g/mol. The molecule has 0 saturated carbocycles. The molecule has 21 heavy (non-hydrogen) atoms. The number of thiazole rings is 1. The number of thiophene rings is 1. The predicted octanol–water partition coefficient (Wildman–Crippen LogP) is 5.54. The second-order valence-electron chi connectivity index (χ2n) is 5.27. The largest absolute Gasteiger partial charge is 0.493 e. The van der Waals surface area contributed by atoms with Gasteiger partial charge in [0.15, 0.2) is 0 Å². The number of ether oxygens (including phenoxy) is 1. The number of rotatable bonds is 6. The molecule has 0 bridgehead atoms. The number of thiol groups is 1. The molecule has 1 unspecified atom stereocenters. The smallest absolute Gasteiger partial charge is 0.129 e. The molecule has 3 rings (SSSR count). The van der Waals surface area contributed by atoms with Gasteiger partial charge in [0, 0.05) is 17.4 Å². The Morgan fingerprint density at radius 1 is 1.43 bits per heavy atom. The maximum absolute atomic E-state index is 6.14. The predicted molar refractivity (Wildman–Crippen MR) is 97.5 cm³/mol. The van der Waals surface area contributed by atoms with Gasteiger partial charge in [0.2, 0.25) is 0 Å². The molecule has 0 radical (unpaired) electrons. The van der Waals surface area contributed by atoms with Crippen LogP contribution in [0.15, 0.2) is 17.5 Å².